The van der Waals surface area contributed by atoms with E-state index in [0.29, 0.717) is 18.7 Å². The van der Waals surface area contributed by atoms with Crippen molar-refractivity contribution < 1.29 is 13.9 Å². The molecule has 1 heterocycles. The summed E-state index contributed by atoms with van der Waals surface area (Å²) < 4.78 is 18.4. The number of halogens is 1. The number of methoxy groups -OCH3 is 1. The van der Waals surface area contributed by atoms with Crippen LogP contribution >= 0.6 is 0 Å². The molecule has 1 amide bonds. The van der Waals surface area contributed by atoms with Crippen molar-refractivity contribution in [1.82, 2.24) is 9.80 Å². The number of ether oxygens (including phenoxy) is 1. The molecule has 0 N–H and O–H groups in total. The number of hydrogen-bond donors (Lipinski definition) is 0. The van der Waals surface area contributed by atoms with Crippen molar-refractivity contribution in [2.75, 3.05) is 39.8 Å². The van der Waals surface area contributed by atoms with E-state index in [0.717, 1.165) is 31.8 Å². The summed E-state index contributed by atoms with van der Waals surface area (Å²) in [4.78, 5) is 16.6. The number of hydrogen-bond acceptors (Lipinski definition) is 3. The smallest absolute Gasteiger partial charge is 0.254 e. The molecule has 5 heteroatoms. The van der Waals surface area contributed by atoms with Crippen LogP contribution in [0.2, 0.25) is 0 Å². The monoisotopic (exact) mass is 342 g/mol. The second-order valence-corrected chi connectivity index (χ2v) is 6.24. The van der Waals surface area contributed by atoms with Gasteiger partial charge < -0.3 is 9.64 Å². The van der Waals surface area contributed by atoms with Crippen LogP contribution in [0, 0.1) is 5.82 Å². The minimum atomic E-state index is -0.371. The van der Waals surface area contributed by atoms with E-state index in [1.54, 1.807) is 24.1 Å². The second kappa shape index (κ2) is 8.12. The summed E-state index contributed by atoms with van der Waals surface area (Å²) in [6, 6.07) is 14.0. The maximum atomic E-state index is 13.3. The summed E-state index contributed by atoms with van der Waals surface area (Å²) in [5, 5.41) is 0. The van der Waals surface area contributed by atoms with E-state index in [-0.39, 0.29) is 11.7 Å². The summed E-state index contributed by atoms with van der Waals surface area (Å²) >= 11 is 0. The first-order chi connectivity index (χ1) is 12.2. The van der Waals surface area contributed by atoms with Crippen LogP contribution in [0.15, 0.2) is 48.5 Å². The van der Waals surface area contributed by atoms with Crippen LogP contribution in [0.1, 0.15) is 15.9 Å². The molecule has 25 heavy (non-hydrogen) atoms. The maximum Gasteiger partial charge on any atom is 0.254 e. The number of benzene rings is 2. The molecule has 0 aromatic heterocycles. The quantitative estimate of drug-likeness (QED) is 0.838. The molecule has 4 nitrogen and oxygen atoms in total. The predicted octanol–water partition coefficient (Wildman–Crippen LogP) is 2.83. The molecule has 0 saturated carbocycles. The fourth-order valence-corrected chi connectivity index (χ4v) is 3.06. The number of carbonyl (C=O) groups is 1. The Morgan fingerprint density at radius 2 is 1.80 bits per heavy atom. The zero-order valence-electron chi connectivity index (χ0n) is 14.5. The Morgan fingerprint density at radius 1 is 1.08 bits per heavy atom. The SMILES string of the molecule is COc1ccc(CCN2CCN(C(=O)c3cccc(F)c3)CC2)cc1. The Labute approximate surface area is 147 Å². The number of piperazine rings is 1. The zero-order valence-corrected chi connectivity index (χ0v) is 14.5. The molecule has 2 aromatic carbocycles. The first kappa shape index (κ1) is 17.4. The summed E-state index contributed by atoms with van der Waals surface area (Å²) in [7, 11) is 1.67. The van der Waals surface area contributed by atoms with Gasteiger partial charge in [-0.2, -0.15) is 0 Å². The lowest BCUT2D eigenvalue weighted by Gasteiger charge is -2.34. The molecule has 132 valence electrons. The van der Waals surface area contributed by atoms with E-state index in [9.17, 15) is 9.18 Å². The van der Waals surface area contributed by atoms with Gasteiger partial charge >= 0.3 is 0 Å². The molecule has 0 aliphatic carbocycles. The normalized spacial score (nSPS) is 15.2. The summed E-state index contributed by atoms with van der Waals surface area (Å²) in [5.41, 5.74) is 1.70. The average molecular weight is 342 g/mol. The summed E-state index contributed by atoms with van der Waals surface area (Å²) in [6.45, 7) is 4.01. The minimum absolute atomic E-state index is 0.0886. The molecule has 0 radical (unpaired) electrons. The molecule has 1 fully saturated rings. The highest BCUT2D eigenvalue weighted by Gasteiger charge is 2.22. The average Bonchev–Trinajstić information content (AvgIpc) is 2.66. The zero-order chi connectivity index (χ0) is 17.6. The van der Waals surface area contributed by atoms with Crippen molar-refractivity contribution in [1.29, 1.82) is 0 Å². The Balaban J connectivity index is 1.47. The van der Waals surface area contributed by atoms with Gasteiger partial charge in [0.15, 0.2) is 0 Å². The topological polar surface area (TPSA) is 32.8 Å². The first-order valence-corrected chi connectivity index (χ1v) is 8.56. The molecule has 1 aliphatic rings. The van der Waals surface area contributed by atoms with Gasteiger partial charge in [0.2, 0.25) is 0 Å². The lowest BCUT2D eigenvalue weighted by atomic mass is 10.1. The van der Waals surface area contributed by atoms with Crippen LogP contribution in [0.4, 0.5) is 4.39 Å². The van der Waals surface area contributed by atoms with E-state index in [1.807, 2.05) is 12.1 Å². The van der Waals surface area contributed by atoms with Crippen LogP contribution in [0.25, 0.3) is 0 Å². The lowest BCUT2D eigenvalue weighted by Crippen LogP contribution is -2.49. The number of amides is 1. The second-order valence-electron chi connectivity index (χ2n) is 6.24. The molecule has 2 aromatic rings. The predicted molar refractivity (Wildman–Crippen MR) is 95.4 cm³/mol. The highest BCUT2D eigenvalue weighted by molar-refractivity contribution is 5.94. The van der Waals surface area contributed by atoms with Crippen LogP contribution < -0.4 is 4.74 Å². The van der Waals surface area contributed by atoms with E-state index in [4.69, 9.17) is 4.74 Å². The van der Waals surface area contributed by atoms with Gasteiger partial charge in [0, 0.05) is 38.3 Å². The van der Waals surface area contributed by atoms with Gasteiger partial charge in [0.25, 0.3) is 5.91 Å². The van der Waals surface area contributed by atoms with E-state index < -0.39 is 0 Å². The molecular formula is C20H23FN2O2. The largest absolute Gasteiger partial charge is 0.497 e. The number of nitrogens with zero attached hydrogens (tertiary/aromatic N) is 2. The Bertz CT molecular complexity index is 710. The fourth-order valence-electron chi connectivity index (χ4n) is 3.06. The van der Waals surface area contributed by atoms with Gasteiger partial charge in [-0.25, -0.2) is 4.39 Å². The molecular weight excluding hydrogens is 319 g/mol. The van der Waals surface area contributed by atoms with Crippen LogP contribution in [-0.2, 0) is 6.42 Å². The summed E-state index contributed by atoms with van der Waals surface area (Å²) in [6.07, 6.45) is 0.974. The van der Waals surface area contributed by atoms with Crippen LogP contribution in [0.5, 0.6) is 5.75 Å². The lowest BCUT2D eigenvalue weighted by molar-refractivity contribution is 0.0638. The minimum Gasteiger partial charge on any atom is -0.497 e. The van der Waals surface area contributed by atoms with Gasteiger partial charge in [0.1, 0.15) is 11.6 Å². The third-order valence-corrected chi connectivity index (χ3v) is 4.61. The highest BCUT2D eigenvalue weighted by Crippen LogP contribution is 2.13. The van der Waals surface area contributed by atoms with Gasteiger partial charge in [-0.15, -0.1) is 0 Å². The van der Waals surface area contributed by atoms with Crippen molar-refractivity contribution in [3.8, 4) is 5.75 Å². The van der Waals surface area contributed by atoms with Gasteiger partial charge in [0.05, 0.1) is 7.11 Å². The van der Waals surface area contributed by atoms with Crippen molar-refractivity contribution in [3.05, 3.63) is 65.5 Å². The molecule has 0 atom stereocenters. The molecule has 1 aliphatic heterocycles. The van der Waals surface area contributed by atoms with E-state index in [1.165, 1.54) is 17.7 Å². The van der Waals surface area contributed by atoms with Crippen LogP contribution in [-0.4, -0.2) is 55.5 Å². The van der Waals surface area contributed by atoms with Crippen molar-refractivity contribution in [2.45, 2.75) is 6.42 Å². The van der Waals surface area contributed by atoms with Crippen molar-refractivity contribution >= 4 is 5.91 Å². The first-order valence-electron chi connectivity index (χ1n) is 8.56. The Morgan fingerprint density at radius 3 is 2.44 bits per heavy atom. The molecule has 3 rings (SSSR count). The molecule has 1 saturated heterocycles. The van der Waals surface area contributed by atoms with Crippen molar-refractivity contribution in [3.63, 3.8) is 0 Å². The van der Waals surface area contributed by atoms with Gasteiger partial charge in [-0.1, -0.05) is 18.2 Å². The Kier molecular flexibility index (Phi) is 5.66. The number of rotatable bonds is 5. The summed E-state index contributed by atoms with van der Waals surface area (Å²) in [5.74, 6) is 0.409. The fraction of sp³-hybridized carbons (Fsp3) is 0.350. The molecule has 0 spiro atoms. The van der Waals surface area contributed by atoms with E-state index in [2.05, 4.69) is 17.0 Å². The van der Waals surface area contributed by atoms with Gasteiger partial charge in [-0.05, 0) is 42.3 Å². The van der Waals surface area contributed by atoms with Crippen LogP contribution in [0.3, 0.4) is 0 Å². The highest BCUT2D eigenvalue weighted by atomic mass is 19.1. The molecule has 0 unspecified atom stereocenters. The third kappa shape index (κ3) is 4.57. The van der Waals surface area contributed by atoms with Gasteiger partial charge in [-0.3, -0.25) is 9.69 Å². The maximum absolute atomic E-state index is 13.3. The van der Waals surface area contributed by atoms with E-state index >= 15 is 0 Å². The Hall–Kier alpha value is -2.40. The number of carbonyl (C=O) groups excluding carboxylic acids is 1. The standard InChI is InChI=1S/C20H23FN2O2/c1-25-19-7-5-16(6-8-19)9-10-22-11-13-23(14-12-22)20(24)17-3-2-4-18(21)15-17/h2-8,15H,9-14H2,1H3. The third-order valence-electron chi connectivity index (χ3n) is 4.61. The molecule has 0 bridgehead atoms. The van der Waals surface area contributed by atoms with Crippen molar-refractivity contribution in [2.24, 2.45) is 0 Å².